The van der Waals surface area contributed by atoms with Gasteiger partial charge in [0.15, 0.2) is 6.29 Å². The number of ether oxygens (including phenoxy) is 3. The van der Waals surface area contributed by atoms with E-state index in [1.165, 1.54) is 33.3 Å². The average Bonchev–Trinajstić information content (AvgIpc) is 2.65. The van der Waals surface area contributed by atoms with Crippen molar-refractivity contribution in [2.24, 2.45) is 0 Å². The Hall–Kier alpha value is -2.58. The Bertz CT molecular complexity index is 846. The van der Waals surface area contributed by atoms with Crippen LogP contribution < -0.4 is 14.2 Å². The summed E-state index contributed by atoms with van der Waals surface area (Å²) < 4.78 is 41.3. The van der Waals surface area contributed by atoms with Gasteiger partial charge in [-0.05, 0) is 42.5 Å². The normalized spacial score (nSPS) is 11.2. The summed E-state index contributed by atoms with van der Waals surface area (Å²) in [5.41, 5.74) is 0.391. The van der Waals surface area contributed by atoms with E-state index in [1.807, 2.05) is 0 Å². The number of carbonyl (C=O) groups is 1. The lowest BCUT2D eigenvalue weighted by Crippen LogP contribution is -2.22. The number of nitrogens with zero attached hydrogens (tertiary/aromatic N) is 1. The second-order valence-corrected chi connectivity index (χ2v) is 7.63. The van der Waals surface area contributed by atoms with Crippen LogP contribution in [0.1, 0.15) is 10.4 Å². The maximum absolute atomic E-state index is 12.0. The highest BCUT2D eigenvalue weighted by Crippen LogP contribution is 2.23. The molecule has 2 aromatic carbocycles. The SMILES string of the molecule is COc1ccc(OCCOc2ccc(S(=O)(=O)N(C)C)cc2)c(C=O)c1. The smallest absolute Gasteiger partial charge is 0.242 e. The molecule has 0 heterocycles. The van der Waals surface area contributed by atoms with Crippen molar-refractivity contribution in [1.82, 2.24) is 4.31 Å². The summed E-state index contributed by atoms with van der Waals surface area (Å²) in [6.07, 6.45) is 0.697. The highest BCUT2D eigenvalue weighted by molar-refractivity contribution is 7.89. The Morgan fingerprint density at radius 1 is 0.962 bits per heavy atom. The fourth-order valence-electron chi connectivity index (χ4n) is 2.11. The number of sulfonamides is 1. The number of aldehydes is 1. The fraction of sp³-hybridized carbons (Fsp3) is 0.278. The molecule has 7 nitrogen and oxygen atoms in total. The summed E-state index contributed by atoms with van der Waals surface area (Å²) in [6.45, 7) is 0.467. The molecule has 0 aliphatic carbocycles. The van der Waals surface area contributed by atoms with Crippen molar-refractivity contribution < 1.29 is 27.4 Å². The molecule has 140 valence electrons. The van der Waals surface area contributed by atoms with Gasteiger partial charge in [0.1, 0.15) is 30.5 Å². The Morgan fingerprint density at radius 3 is 2.15 bits per heavy atom. The lowest BCUT2D eigenvalue weighted by atomic mass is 10.2. The van der Waals surface area contributed by atoms with Crippen molar-refractivity contribution in [2.45, 2.75) is 4.90 Å². The predicted octanol–water partition coefficient (Wildman–Crippen LogP) is 2.22. The van der Waals surface area contributed by atoms with Gasteiger partial charge in [0, 0.05) is 14.1 Å². The van der Waals surface area contributed by atoms with Gasteiger partial charge in [-0.2, -0.15) is 0 Å². The van der Waals surface area contributed by atoms with Gasteiger partial charge in [0.2, 0.25) is 10.0 Å². The summed E-state index contributed by atoms with van der Waals surface area (Å²) in [5.74, 6) is 1.54. The summed E-state index contributed by atoms with van der Waals surface area (Å²) in [6, 6.07) is 11.1. The molecule has 0 atom stereocenters. The number of hydrogen-bond acceptors (Lipinski definition) is 6. The molecule has 0 bridgehead atoms. The summed E-state index contributed by atoms with van der Waals surface area (Å²) in [5, 5.41) is 0. The van der Waals surface area contributed by atoms with E-state index in [4.69, 9.17) is 14.2 Å². The molecular formula is C18H21NO6S. The van der Waals surface area contributed by atoms with Crippen molar-refractivity contribution in [3.05, 3.63) is 48.0 Å². The lowest BCUT2D eigenvalue weighted by molar-refractivity contribution is 0.111. The highest BCUT2D eigenvalue weighted by atomic mass is 32.2. The Kier molecular flexibility index (Phi) is 6.59. The van der Waals surface area contributed by atoms with E-state index in [9.17, 15) is 13.2 Å². The number of rotatable bonds is 9. The molecule has 2 rings (SSSR count). The van der Waals surface area contributed by atoms with E-state index in [0.29, 0.717) is 29.1 Å². The molecule has 8 heteroatoms. The maximum Gasteiger partial charge on any atom is 0.242 e. The molecule has 0 aliphatic rings. The van der Waals surface area contributed by atoms with Gasteiger partial charge >= 0.3 is 0 Å². The van der Waals surface area contributed by atoms with Crippen LogP contribution in [0.5, 0.6) is 17.2 Å². The molecule has 0 saturated heterocycles. The molecule has 0 radical (unpaired) electrons. The molecule has 0 N–H and O–H groups in total. The van der Waals surface area contributed by atoms with Gasteiger partial charge in [0.25, 0.3) is 0 Å². The number of hydrogen-bond donors (Lipinski definition) is 0. The van der Waals surface area contributed by atoms with Gasteiger partial charge in [-0.1, -0.05) is 0 Å². The fourth-order valence-corrected chi connectivity index (χ4v) is 3.01. The van der Waals surface area contributed by atoms with Gasteiger partial charge in [-0.3, -0.25) is 4.79 Å². The third-order valence-electron chi connectivity index (χ3n) is 3.56. The van der Waals surface area contributed by atoms with Crippen LogP contribution in [0.3, 0.4) is 0 Å². The van der Waals surface area contributed by atoms with Crippen molar-refractivity contribution in [3.8, 4) is 17.2 Å². The minimum absolute atomic E-state index is 0.194. The van der Waals surface area contributed by atoms with E-state index in [0.717, 1.165) is 4.31 Å². The predicted molar refractivity (Wildman–Crippen MR) is 96.7 cm³/mol. The number of carbonyl (C=O) groups excluding carboxylic acids is 1. The van der Waals surface area contributed by atoms with E-state index in [-0.39, 0.29) is 18.1 Å². The lowest BCUT2D eigenvalue weighted by Gasteiger charge is -2.13. The zero-order valence-electron chi connectivity index (χ0n) is 14.8. The van der Waals surface area contributed by atoms with Gasteiger partial charge in [-0.15, -0.1) is 0 Å². The Labute approximate surface area is 153 Å². The molecule has 0 aliphatic heterocycles. The van der Waals surface area contributed by atoms with Crippen LogP contribution in [0.2, 0.25) is 0 Å². The minimum atomic E-state index is -3.46. The third-order valence-corrected chi connectivity index (χ3v) is 5.39. The van der Waals surface area contributed by atoms with Crippen LogP contribution in [0.15, 0.2) is 47.4 Å². The molecule has 26 heavy (non-hydrogen) atoms. The van der Waals surface area contributed by atoms with E-state index < -0.39 is 10.0 Å². The Balaban J connectivity index is 1.90. The zero-order valence-corrected chi connectivity index (χ0v) is 15.7. The second-order valence-electron chi connectivity index (χ2n) is 5.48. The van der Waals surface area contributed by atoms with E-state index in [2.05, 4.69) is 0 Å². The molecule has 0 unspecified atom stereocenters. The van der Waals surface area contributed by atoms with Crippen LogP contribution in [-0.2, 0) is 10.0 Å². The number of methoxy groups -OCH3 is 1. The topological polar surface area (TPSA) is 82.1 Å². The average molecular weight is 379 g/mol. The van der Waals surface area contributed by atoms with Crippen molar-refractivity contribution in [1.29, 1.82) is 0 Å². The first kappa shape index (κ1) is 19.7. The summed E-state index contributed by atoms with van der Waals surface area (Å²) >= 11 is 0. The van der Waals surface area contributed by atoms with Gasteiger partial charge < -0.3 is 14.2 Å². The molecule has 0 fully saturated rings. The van der Waals surface area contributed by atoms with Crippen molar-refractivity contribution in [3.63, 3.8) is 0 Å². The van der Waals surface area contributed by atoms with E-state index >= 15 is 0 Å². The molecule has 2 aromatic rings. The molecule has 0 saturated carbocycles. The first-order chi connectivity index (χ1) is 12.4. The molecule has 0 spiro atoms. The zero-order chi connectivity index (χ0) is 19.2. The van der Waals surface area contributed by atoms with Crippen LogP contribution in [0.4, 0.5) is 0 Å². The van der Waals surface area contributed by atoms with Crippen molar-refractivity contribution in [2.75, 3.05) is 34.4 Å². The molecule has 0 amide bonds. The summed E-state index contributed by atoms with van der Waals surface area (Å²) in [7, 11) is 1.01. The minimum Gasteiger partial charge on any atom is -0.497 e. The standard InChI is InChI=1S/C18H21NO6S/c1-19(2)26(21,22)17-7-4-15(5-8-17)24-10-11-25-18-9-6-16(23-3)12-14(18)13-20/h4-9,12-13H,10-11H2,1-3H3. The first-order valence-electron chi connectivity index (χ1n) is 7.80. The maximum atomic E-state index is 12.0. The highest BCUT2D eigenvalue weighted by Gasteiger charge is 2.16. The quantitative estimate of drug-likeness (QED) is 0.491. The molecule has 0 aromatic heterocycles. The monoisotopic (exact) mass is 379 g/mol. The van der Waals surface area contributed by atoms with Crippen LogP contribution in [0, 0.1) is 0 Å². The van der Waals surface area contributed by atoms with Crippen LogP contribution >= 0.6 is 0 Å². The Morgan fingerprint density at radius 2 is 1.58 bits per heavy atom. The largest absolute Gasteiger partial charge is 0.497 e. The van der Waals surface area contributed by atoms with Gasteiger partial charge in [-0.25, -0.2) is 12.7 Å². The van der Waals surface area contributed by atoms with Crippen LogP contribution in [0.25, 0.3) is 0 Å². The first-order valence-corrected chi connectivity index (χ1v) is 9.24. The van der Waals surface area contributed by atoms with Gasteiger partial charge in [0.05, 0.1) is 17.6 Å². The second kappa shape index (κ2) is 8.68. The third kappa shape index (κ3) is 4.74. The van der Waals surface area contributed by atoms with Crippen molar-refractivity contribution >= 4 is 16.3 Å². The number of benzene rings is 2. The summed E-state index contributed by atoms with van der Waals surface area (Å²) in [4.78, 5) is 11.3. The van der Waals surface area contributed by atoms with Crippen LogP contribution in [-0.4, -0.2) is 53.4 Å². The molecular weight excluding hydrogens is 358 g/mol. The van der Waals surface area contributed by atoms with E-state index in [1.54, 1.807) is 30.3 Å².